The summed E-state index contributed by atoms with van der Waals surface area (Å²) < 4.78 is 19.1. The van der Waals surface area contributed by atoms with Crippen molar-refractivity contribution in [2.24, 2.45) is 0 Å². The standard InChI is InChI=1S/C11H12BrFO2/c1-15-11-8(4-2-3-5-14)6-9(12)7-10(11)13/h5-7H,2-4H2,1H3. The highest BCUT2D eigenvalue weighted by atomic mass is 79.9. The summed E-state index contributed by atoms with van der Waals surface area (Å²) in [6.45, 7) is 0. The van der Waals surface area contributed by atoms with Crippen molar-refractivity contribution in [1.82, 2.24) is 0 Å². The molecule has 2 nitrogen and oxygen atoms in total. The molecule has 1 rings (SSSR count). The number of carbonyl (C=O) groups excluding carboxylic acids is 1. The lowest BCUT2D eigenvalue weighted by molar-refractivity contribution is -0.107. The van der Waals surface area contributed by atoms with Crippen molar-refractivity contribution < 1.29 is 13.9 Å². The monoisotopic (exact) mass is 274 g/mol. The van der Waals surface area contributed by atoms with E-state index in [9.17, 15) is 9.18 Å². The van der Waals surface area contributed by atoms with Crippen molar-refractivity contribution in [1.29, 1.82) is 0 Å². The van der Waals surface area contributed by atoms with Crippen LogP contribution in [0.5, 0.6) is 5.75 Å². The van der Waals surface area contributed by atoms with E-state index in [2.05, 4.69) is 15.9 Å². The molecule has 4 heteroatoms. The second-order valence-corrected chi connectivity index (χ2v) is 4.05. The van der Waals surface area contributed by atoms with Gasteiger partial charge in [-0.25, -0.2) is 4.39 Å². The van der Waals surface area contributed by atoms with Gasteiger partial charge in [-0.15, -0.1) is 0 Å². The zero-order chi connectivity index (χ0) is 11.3. The van der Waals surface area contributed by atoms with E-state index in [1.807, 2.05) is 6.07 Å². The number of hydrogen-bond acceptors (Lipinski definition) is 2. The first-order chi connectivity index (χ1) is 7.19. The molecule has 0 saturated carbocycles. The first kappa shape index (κ1) is 12.2. The fraction of sp³-hybridized carbons (Fsp3) is 0.364. The normalized spacial score (nSPS) is 10.1. The zero-order valence-corrected chi connectivity index (χ0v) is 10.0. The van der Waals surface area contributed by atoms with Gasteiger partial charge in [-0.3, -0.25) is 0 Å². The predicted octanol–water partition coefficient (Wildman–Crippen LogP) is 3.12. The average molecular weight is 275 g/mol. The smallest absolute Gasteiger partial charge is 0.166 e. The molecule has 0 saturated heterocycles. The molecular weight excluding hydrogens is 263 g/mol. The van der Waals surface area contributed by atoms with Crippen LogP contribution in [0.15, 0.2) is 16.6 Å². The molecule has 0 aromatic heterocycles. The fourth-order valence-electron chi connectivity index (χ4n) is 1.40. The van der Waals surface area contributed by atoms with Crippen LogP contribution in [0.2, 0.25) is 0 Å². The average Bonchev–Trinajstić information content (AvgIpc) is 2.17. The van der Waals surface area contributed by atoms with Gasteiger partial charge in [0.25, 0.3) is 0 Å². The van der Waals surface area contributed by atoms with E-state index in [0.717, 1.165) is 11.8 Å². The largest absolute Gasteiger partial charge is 0.493 e. The molecule has 0 unspecified atom stereocenters. The van der Waals surface area contributed by atoms with E-state index in [4.69, 9.17) is 4.74 Å². The molecule has 0 bridgehead atoms. The Balaban J connectivity index is 2.88. The highest BCUT2D eigenvalue weighted by molar-refractivity contribution is 9.10. The maximum absolute atomic E-state index is 13.4. The number of aldehydes is 1. The van der Waals surface area contributed by atoms with Crippen LogP contribution in [0.25, 0.3) is 0 Å². The Labute approximate surface area is 96.6 Å². The van der Waals surface area contributed by atoms with Gasteiger partial charge in [0.05, 0.1) is 7.11 Å². The second-order valence-electron chi connectivity index (χ2n) is 3.14. The van der Waals surface area contributed by atoms with Gasteiger partial charge in [0, 0.05) is 10.9 Å². The number of carbonyl (C=O) groups is 1. The summed E-state index contributed by atoms with van der Waals surface area (Å²) >= 11 is 3.22. The number of hydrogen-bond donors (Lipinski definition) is 0. The van der Waals surface area contributed by atoms with Gasteiger partial charge < -0.3 is 9.53 Å². The molecule has 0 heterocycles. The Morgan fingerprint density at radius 3 is 2.87 bits per heavy atom. The van der Waals surface area contributed by atoms with Crippen LogP contribution < -0.4 is 4.74 Å². The van der Waals surface area contributed by atoms with Crippen molar-refractivity contribution in [2.75, 3.05) is 7.11 Å². The molecule has 0 aliphatic heterocycles. The number of ether oxygens (including phenoxy) is 1. The van der Waals surface area contributed by atoms with Crippen LogP contribution in [-0.2, 0) is 11.2 Å². The predicted molar refractivity (Wildman–Crippen MR) is 59.7 cm³/mol. The number of rotatable bonds is 5. The van der Waals surface area contributed by atoms with E-state index < -0.39 is 0 Å². The molecule has 1 aromatic rings. The second kappa shape index (κ2) is 5.85. The van der Waals surface area contributed by atoms with Gasteiger partial charge in [-0.2, -0.15) is 0 Å². The number of methoxy groups -OCH3 is 1. The summed E-state index contributed by atoms with van der Waals surface area (Å²) in [7, 11) is 1.44. The first-order valence-corrected chi connectivity index (χ1v) is 5.44. The Morgan fingerprint density at radius 2 is 2.27 bits per heavy atom. The van der Waals surface area contributed by atoms with Gasteiger partial charge >= 0.3 is 0 Å². The van der Waals surface area contributed by atoms with Gasteiger partial charge in [0.2, 0.25) is 0 Å². The topological polar surface area (TPSA) is 26.3 Å². The summed E-state index contributed by atoms with van der Waals surface area (Å²) in [4.78, 5) is 10.2. The van der Waals surface area contributed by atoms with Crippen LogP contribution in [0.4, 0.5) is 4.39 Å². The summed E-state index contributed by atoms with van der Waals surface area (Å²) in [5.74, 6) is -0.114. The molecule has 1 aromatic carbocycles. The van der Waals surface area contributed by atoms with Crippen molar-refractivity contribution in [3.05, 3.63) is 28.0 Å². The molecule has 82 valence electrons. The number of halogens is 2. The highest BCUT2D eigenvalue weighted by Crippen LogP contribution is 2.28. The third kappa shape index (κ3) is 3.30. The van der Waals surface area contributed by atoms with E-state index >= 15 is 0 Å². The molecule has 0 spiro atoms. The summed E-state index contributed by atoms with van der Waals surface area (Å²) in [6, 6.07) is 3.18. The minimum atomic E-state index is -0.382. The maximum Gasteiger partial charge on any atom is 0.166 e. The highest BCUT2D eigenvalue weighted by Gasteiger charge is 2.10. The lowest BCUT2D eigenvalue weighted by atomic mass is 10.1. The van der Waals surface area contributed by atoms with Gasteiger partial charge in [-0.1, -0.05) is 15.9 Å². The van der Waals surface area contributed by atoms with E-state index in [-0.39, 0.29) is 11.6 Å². The number of aryl methyl sites for hydroxylation is 1. The van der Waals surface area contributed by atoms with Crippen LogP contribution >= 0.6 is 15.9 Å². The zero-order valence-electron chi connectivity index (χ0n) is 8.43. The fourth-order valence-corrected chi connectivity index (χ4v) is 1.88. The van der Waals surface area contributed by atoms with Crippen molar-refractivity contribution in [3.8, 4) is 5.75 Å². The quantitative estimate of drug-likeness (QED) is 0.609. The maximum atomic E-state index is 13.4. The van der Waals surface area contributed by atoms with E-state index in [0.29, 0.717) is 23.7 Å². The van der Waals surface area contributed by atoms with Crippen LogP contribution in [0.3, 0.4) is 0 Å². The molecule has 0 N–H and O–H groups in total. The molecule has 0 fully saturated rings. The SMILES string of the molecule is COc1c(F)cc(Br)cc1CCCC=O. The van der Waals surface area contributed by atoms with Crippen molar-refractivity contribution in [2.45, 2.75) is 19.3 Å². The van der Waals surface area contributed by atoms with Crippen LogP contribution in [0, 0.1) is 5.82 Å². The molecule has 0 aliphatic rings. The Bertz CT molecular complexity index is 353. The van der Waals surface area contributed by atoms with Crippen molar-refractivity contribution in [3.63, 3.8) is 0 Å². The minimum Gasteiger partial charge on any atom is -0.493 e. The van der Waals surface area contributed by atoms with Crippen LogP contribution in [-0.4, -0.2) is 13.4 Å². The Morgan fingerprint density at radius 1 is 1.53 bits per heavy atom. The molecule has 0 amide bonds. The summed E-state index contributed by atoms with van der Waals surface area (Å²) in [5, 5.41) is 0. The lowest BCUT2D eigenvalue weighted by Crippen LogP contribution is -1.96. The Hall–Kier alpha value is -0.900. The third-order valence-corrected chi connectivity index (χ3v) is 2.52. The lowest BCUT2D eigenvalue weighted by Gasteiger charge is -2.09. The number of unbranched alkanes of at least 4 members (excludes halogenated alkanes) is 1. The minimum absolute atomic E-state index is 0.268. The molecule has 15 heavy (non-hydrogen) atoms. The Kier molecular flexibility index (Phi) is 4.75. The van der Waals surface area contributed by atoms with Gasteiger partial charge in [0.15, 0.2) is 11.6 Å². The van der Waals surface area contributed by atoms with Crippen LogP contribution in [0.1, 0.15) is 18.4 Å². The van der Waals surface area contributed by atoms with Gasteiger partial charge in [0.1, 0.15) is 6.29 Å². The van der Waals surface area contributed by atoms with Gasteiger partial charge in [-0.05, 0) is 30.5 Å². The summed E-state index contributed by atoms with van der Waals surface area (Å²) in [6.07, 6.45) is 2.69. The number of benzene rings is 1. The molecule has 0 radical (unpaired) electrons. The molecule has 0 atom stereocenters. The molecular formula is C11H12BrFO2. The van der Waals surface area contributed by atoms with E-state index in [1.54, 1.807) is 0 Å². The summed E-state index contributed by atoms with van der Waals surface area (Å²) in [5.41, 5.74) is 0.784. The van der Waals surface area contributed by atoms with E-state index in [1.165, 1.54) is 13.2 Å². The van der Waals surface area contributed by atoms with Crippen molar-refractivity contribution >= 4 is 22.2 Å². The first-order valence-electron chi connectivity index (χ1n) is 4.64. The molecule has 0 aliphatic carbocycles. The third-order valence-electron chi connectivity index (χ3n) is 2.06.